The number of hydrogen-bond donors (Lipinski definition) is 2. The maximum Gasteiger partial charge on any atom is 0.244 e. The molecule has 2 N–H and O–H groups in total. The van der Waals surface area contributed by atoms with E-state index in [-0.39, 0.29) is 17.7 Å². The quantitative estimate of drug-likeness (QED) is 0.799. The fourth-order valence-corrected chi connectivity index (χ4v) is 3.58. The van der Waals surface area contributed by atoms with Crippen LogP contribution in [0.25, 0.3) is 0 Å². The van der Waals surface area contributed by atoms with Crippen molar-refractivity contribution in [3.63, 3.8) is 0 Å². The zero-order valence-corrected chi connectivity index (χ0v) is 14.4. The fraction of sp³-hybridized carbons (Fsp3) is 0.500. The van der Waals surface area contributed by atoms with Crippen LogP contribution in [0.4, 0.5) is 0 Å². The highest BCUT2D eigenvalue weighted by Gasteiger charge is 2.52. The SMILES string of the molecule is CN1NC(=N[C@@H]2c3cc(C#N)ccc3OC(C)(C)[C@H]2O)[C@H]2C[C@H]2C1=O. The van der Waals surface area contributed by atoms with Gasteiger partial charge in [0.2, 0.25) is 5.91 Å². The number of hydrogen-bond acceptors (Lipinski definition) is 5. The average molecular weight is 340 g/mol. The van der Waals surface area contributed by atoms with Gasteiger partial charge < -0.3 is 9.84 Å². The van der Waals surface area contributed by atoms with E-state index in [0.717, 1.165) is 6.42 Å². The molecule has 7 heteroatoms. The van der Waals surface area contributed by atoms with Crippen molar-refractivity contribution in [2.45, 2.75) is 38.0 Å². The van der Waals surface area contributed by atoms with Gasteiger partial charge in [-0.2, -0.15) is 5.26 Å². The van der Waals surface area contributed by atoms with Crippen LogP contribution < -0.4 is 10.2 Å². The third-order valence-corrected chi connectivity index (χ3v) is 5.19. The highest BCUT2D eigenvalue weighted by Crippen LogP contribution is 2.46. The standard InChI is InChI=1S/C18H20N4O3/c1-18(2)15(23)14(12-6-9(8-19)4-5-13(12)25-18)20-16-10-7-11(10)17(24)22(3)21-16/h4-6,10-11,14-15,23H,7H2,1-3H3,(H,20,21)/t10-,11+,14+,15-/m0/s1. The molecule has 25 heavy (non-hydrogen) atoms. The largest absolute Gasteiger partial charge is 0.485 e. The van der Waals surface area contributed by atoms with Crippen LogP contribution in [0.3, 0.4) is 0 Å². The Hall–Kier alpha value is -2.59. The summed E-state index contributed by atoms with van der Waals surface area (Å²) in [7, 11) is 1.68. The lowest BCUT2D eigenvalue weighted by atomic mass is 9.86. The fourth-order valence-electron chi connectivity index (χ4n) is 3.58. The molecular formula is C18H20N4O3. The Balaban J connectivity index is 1.77. The number of nitriles is 1. The molecule has 4 atom stereocenters. The van der Waals surface area contributed by atoms with Gasteiger partial charge >= 0.3 is 0 Å². The number of aliphatic hydroxyl groups is 1. The summed E-state index contributed by atoms with van der Waals surface area (Å²) < 4.78 is 5.91. The van der Waals surface area contributed by atoms with Gasteiger partial charge in [-0.05, 0) is 38.5 Å². The Bertz CT molecular complexity index is 822. The zero-order chi connectivity index (χ0) is 17.9. The first-order chi connectivity index (χ1) is 11.8. The van der Waals surface area contributed by atoms with Crippen molar-refractivity contribution >= 4 is 11.7 Å². The molecule has 1 saturated carbocycles. The van der Waals surface area contributed by atoms with Crippen LogP contribution in [0.15, 0.2) is 23.2 Å². The second kappa shape index (κ2) is 5.20. The van der Waals surface area contributed by atoms with Crippen LogP contribution in [0.1, 0.15) is 37.4 Å². The van der Waals surface area contributed by atoms with Crippen molar-refractivity contribution in [1.82, 2.24) is 10.4 Å². The van der Waals surface area contributed by atoms with E-state index < -0.39 is 17.7 Å². The van der Waals surface area contributed by atoms with E-state index in [1.165, 1.54) is 5.01 Å². The number of ether oxygens (including phenoxy) is 1. The number of fused-ring (bicyclic) bond motifs is 2. The molecule has 0 bridgehead atoms. The lowest BCUT2D eigenvalue weighted by molar-refractivity contribution is -0.134. The molecule has 1 amide bonds. The highest BCUT2D eigenvalue weighted by molar-refractivity contribution is 5.99. The molecule has 4 rings (SSSR count). The molecule has 3 aliphatic rings. The van der Waals surface area contributed by atoms with Gasteiger partial charge in [0.25, 0.3) is 0 Å². The van der Waals surface area contributed by atoms with Gasteiger partial charge in [-0.25, -0.2) is 0 Å². The summed E-state index contributed by atoms with van der Waals surface area (Å²) in [6.07, 6.45) is -0.0913. The van der Waals surface area contributed by atoms with Gasteiger partial charge in [-0.15, -0.1) is 0 Å². The topological polar surface area (TPSA) is 98.0 Å². The first kappa shape index (κ1) is 15.9. The Morgan fingerprint density at radius 3 is 2.92 bits per heavy atom. The molecule has 1 aliphatic carbocycles. The summed E-state index contributed by atoms with van der Waals surface area (Å²) in [4.78, 5) is 16.7. The summed E-state index contributed by atoms with van der Waals surface area (Å²) >= 11 is 0. The predicted molar refractivity (Wildman–Crippen MR) is 89.5 cm³/mol. The Morgan fingerprint density at radius 2 is 2.20 bits per heavy atom. The van der Waals surface area contributed by atoms with E-state index >= 15 is 0 Å². The molecule has 1 aromatic rings. The Kier molecular flexibility index (Phi) is 3.31. The van der Waals surface area contributed by atoms with Gasteiger partial charge in [0.15, 0.2) is 0 Å². The lowest BCUT2D eigenvalue weighted by Gasteiger charge is -2.41. The highest BCUT2D eigenvalue weighted by atomic mass is 16.5. The number of aliphatic imine (C=N–C) groups is 1. The molecule has 2 fully saturated rings. The molecule has 7 nitrogen and oxygen atoms in total. The molecule has 0 aromatic heterocycles. The summed E-state index contributed by atoms with van der Waals surface area (Å²) in [5, 5.41) is 21.5. The summed E-state index contributed by atoms with van der Waals surface area (Å²) in [6, 6.07) is 6.71. The van der Waals surface area contributed by atoms with Gasteiger partial charge in [-0.3, -0.25) is 20.2 Å². The third kappa shape index (κ3) is 2.45. The van der Waals surface area contributed by atoms with Crippen molar-refractivity contribution in [3.05, 3.63) is 29.3 Å². The Morgan fingerprint density at radius 1 is 1.44 bits per heavy atom. The zero-order valence-electron chi connectivity index (χ0n) is 14.4. The molecule has 2 aliphatic heterocycles. The number of amides is 1. The van der Waals surface area contributed by atoms with E-state index in [9.17, 15) is 15.2 Å². The maximum atomic E-state index is 12.0. The maximum absolute atomic E-state index is 12.0. The molecule has 0 unspecified atom stereocenters. The molecule has 1 saturated heterocycles. The van der Waals surface area contributed by atoms with E-state index in [1.807, 2.05) is 13.8 Å². The van der Waals surface area contributed by atoms with Crippen molar-refractivity contribution in [3.8, 4) is 11.8 Å². The molecule has 0 spiro atoms. The smallest absolute Gasteiger partial charge is 0.244 e. The van der Waals surface area contributed by atoms with Gasteiger partial charge in [0.05, 0.1) is 17.6 Å². The summed E-state index contributed by atoms with van der Waals surface area (Å²) in [6.45, 7) is 3.63. The summed E-state index contributed by atoms with van der Waals surface area (Å²) in [5.41, 5.74) is 3.40. The van der Waals surface area contributed by atoms with Crippen molar-refractivity contribution in [2.75, 3.05) is 7.05 Å². The van der Waals surface area contributed by atoms with E-state index in [0.29, 0.717) is 22.7 Å². The average Bonchev–Trinajstić information content (AvgIpc) is 3.37. The first-order valence-electron chi connectivity index (χ1n) is 8.35. The molecule has 0 radical (unpaired) electrons. The second-order valence-electron chi connectivity index (χ2n) is 7.43. The van der Waals surface area contributed by atoms with Crippen molar-refractivity contribution < 1.29 is 14.6 Å². The van der Waals surface area contributed by atoms with E-state index in [2.05, 4.69) is 11.5 Å². The number of nitrogens with one attached hydrogen (secondary N) is 1. The van der Waals surface area contributed by atoms with Crippen LogP contribution in [-0.4, -0.2) is 40.6 Å². The van der Waals surface area contributed by atoms with Crippen LogP contribution in [0.2, 0.25) is 0 Å². The lowest BCUT2D eigenvalue weighted by Crippen LogP contribution is -2.51. The minimum Gasteiger partial charge on any atom is -0.485 e. The molecule has 1 aromatic carbocycles. The number of amidine groups is 1. The molecule has 2 heterocycles. The first-order valence-corrected chi connectivity index (χ1v) is 8.35. The third-order valence-electron chi connectivity index (χ3n) is 5.19. The number of aliphatic hydroxyl groups excluding tert-OH is 1. The van der Waals surface area contributed by atoms with Crippen molar-refractivity contribution in [1.29, 1.82) is 5.26 Å². The molecule has 130 valence electrons. The van der Waals surface area contributed by atoms with Crippen LogP contribution in [0.5, 0.6) is 5.75 Å². The second-order valence-corrected chi connectivity index (χ2v) is 7.43. The van der Waals surface area contributed by atoms with Gasteiger partial charge in [0, 0.05) is 18.5 Å². The number of carbonyl (C=O) groups is 1. The number of benzene rings is 1. The van der Waals surface area contributed by atoms with Crippen LogP contribution >= 0.6 is 0 Å². The monoisotopic (exact) mass is 340 g/mol. The molecular weight excluding hydrogens is 320 g/mol. The minimum absolute atomic E-state index is 0.0140. The number of nitrogens with zero attached hydrogens (tertiary/aromatic N) is 3. The normalized spacial score (nSPS) is 33.6. The van der Waals surface area contributed by atoms with Gasteiger partial charge in [-0.1, -0.05) is 0 Å². The van der Waals surface area contributed by atoms with Crippen LogP contribution in [-0.2, 0) is 4.79 Å². The van der Waals surface area contributed by atoms with E-state index in [1.54, 1.807) is 25.2 Å². The van der Waals surface area contributed by atoms with Crippen molar-refractivity contribution in [2.24, 2.45) is 16.8 Å². The number of carbonyl (C=O) groups excluding carboxylic acids is 1. The van der Waals surface area contributed by atoms with Gasteiger partial charge in [0.1, 0.15) is 29.3 Å². The predicted octanol–water partition coefficient (Wildman–Crippen LogP) is 1.14. The number of rotatable bonds is 1. The summed E-state index contributed by atoms with van der Waals surface area (Å²) in [5.74, 6) is 1.48. The Labute approximate surface area is 145 Å². The minimum atomic E-state index is -0.872. The van der Waals surface area contributed by atoms with E-state index in [4.69, 9.17) is 9.73 Å². The number of hydrazine groups is 1. The van der Waals surface area contributed by atoms with Crippen LogP contribution in [0, 0.1) is 23.2 Å².